The van der Waals surface area contributed by atoms with E-state index in [0.29, 0.717) is 18.2 Å². The van der Waals surface area contributed by atoms with Gasteiger partial charge in [0.25, 0.3) is 0 Å². The maximum Gasteiger partial charge on any atom is 0.229 e. The van der Waals surface area contributed by atoms with Gasteiger partial charge in [0, 0.05) is 24.0 Å². The molecule has 0 radical (unpaired) electrons. The van der Waals surface area contributed by atoms with Gasteiger partial charge in [0.05, 0.1) is 20.9 Å². The van der Waals surface area contributed by atoms with Crippen LogP contribution in [0.1, 0.15) is 6.42 Å². The van der Waals surface area contributed by atoms with Gasteiger partial charge in [-0.3, -0.25) is 9.69 Å². The van der Waals surface area contributed by atoms with Gasteiger partial charge in [-0.1, -0.05) is 27.3 Å². The molecule has 6 nitrogen and oxygen atoms in total. The standard InChI is InChI=1S/C20H21BrFN3O3S2/c1-24(2)10-11-25(20-23-17-8-3-14(21)13-18(17)29-20)19(26)9-12-30(27,28)16-6-4-15(22)5-7-16/h3-8,13H,9-12H2,1-2H3. The van der Waals surface area contributed by atoms with E-state index < -0.39 is 15.7 Å². The van der Waals surface area contributed by atoms with Gasteiger partial charge in [-0.15, -0.1) is 0 Å². The molecule has 0 aliphatic carbocycles. The van der Waals surface area contributed by atoms with E-state index in [9.17, 15) is 17.6 Å². The zero-order valence-electron chi connectivity index (χ0n) is 16.5. The van der Waals surface area contributed by atoms with Crippen molar-refractivity contribution in [2.75, 3.05) is 37.8 Å². The molecule has 0 saturated carbocycles. The third-order valence-corrected chi connectivity index (χ3v) is 7.67. The fraction of sp³-hybridized carbons (Fsp3) is 0.300. The fourth-order valence-electron chi connectivity index (χ4n) is 2.75. The summed E-state index contributed by atoms with van der Waals surface area (Å²) >= 11 is 4.82. The van der Waals surface area contributed by atoms with Crippen molar-refractivity contribution in [3.63, 3.8) is 0 Å². The highest BCUT2D eigenvalue weighted by atomic mass is 79.9. The van der Waals surface area contributed by atoms with Gasteiger partial charge in [-0.2, -0.15) is 0 Å². The van der Waals surface area contributed by atoms with Crippen LogP contribution < -0.4 is 4.90 Å². The van der Waals surface area contributed by atoms with Crippen LogP contribution in [0.3, 0.4) is 0 Å². The summed E-state index contributed by atoms with van der Waals surface area (Å²) in [7, 11) is 0.103. The van der Waals surface area contributed by atoms with Crippen molar-refractivity contribution >= 4 is 58.4 Å². The predicted octanol–water partition coefficient (Wildman–Crippen LogP) is 3.96. The summed E-state index contributed by atoms with van der Waals surface area (Å²) in [6, 6.07) is 10.3. The molecule has 30 heavy (non-hydrogen) atoms. The Balaban J connectivity index is 1.80. The molecule has 0 aliphatic heterocycles. The lowest BCUT2D eigenvalue weighted by atomic mass is 10.3. The number of amides is 1. The zero-order chi connectivity index (χ0) is 21.9. The van der Waals surface area contributed by atoms with Crippen molar-refractivity contribution < 1.29 is 17.6 Å². The average molecular weight is 514 g/mol. The average Bonchev–Trinajstić information content (AvgIpc) is 3.09. The highest BCUT2D eigenvalue weighted by Gasteiger charge is 2.23. The number of anilines is 1. The maximum absolute atomic E-state index is 13.1. The van der Waals surface area contributed by atoms with E-state index in [-0.39, 0.29) is 23.0 Å². The fourth-order valence-corrected chi connectivity index (χ4v) is 5.54. The normalized spacial score (nSPS) is 11.9. The molecule has 0 unspecified atom stereocenters. The number of hydrogen-bond donors (Lipinski definition) is 0. The SMILES string of the molecule is CN(C)CCN(C(=O)CCS(=O)(=O)c1ccc(F)cc1)c1nc2ccc(Br)cc2s1. The van der Waals surface area contributed by atoms with Gasteiger partial charge in [-0.05, 0) is 56.6 Å². The minimum absolute atomic E-state index is 0.00128. The quantitative estimate of drug-likeness (QED) is 0.426. The highest BCUT2D eigenvalue weighted by molar-refractivity contribution is 9.10. The van der Waals surface area contributed by atoms with E-state index in [1.165, 1.54) is 23.5 Å². The summed E-state index contributed by atoms with van der Waals surface area (Å²) in [6.45, 7) is 0.999. The van der Waals surface area contributed by atoms with Crippen LogP contribution >= 0.6 is 27.3 Å². The number of likely N-dealkylation sites (N-methyl/N-ethyl adjacent to an activating group) is 1. The van der Waals surface area contributed by atoms with Crippen LogP contribution in [0.15, 0.2) is 51.8 Å². The molecule has 1 heterocycles. The first-order chi connectivity index (χ1) is 14.2. The second kappa shape index (κ2) is 9.51. The van der Waals surface area contributed by atoms with Crippen molar-refractivity contribution in [2.24, 2.45) is 0 Å². The molecule has 3 aromatic rings. The molecular formula is C20H21BrFN3O3S2. The van der Waals surface area contributed by atoms with Gasteiger partial charge in [0.15, 0.2) is 15.0 Å². The Morgan fingerprint density at radius 3 is 2.50 bits per heavy atom. The molecule has 0 spiro atoms. The van der Waals surface area contributed by atoms with Crippen molar-refractivity contribution in [1.29, 1.82) is 0 Å². The maximum atomic E-state index is 13.1. The van der Waals surface area contributed by atoms with E-state index in [0.717, 1.165) is 26.8 Å². The number of aromatic nitrogens is 1. The monoisotopic (exact) mass is 513 g/mol. The predicted molar refractivity (Wildman–Crippen MR) is 121 cm³/mol. The van der Waals surface area contributed by atoms with E-state index in [4.69, 9.17) is 0 Å². The van der Waals surface area contributed by atoms with Gasteiger partial charge >= 0.3 is 0 Å². The second-order valence-corrected chi connectivity index (χ2v) is 11.0. The summed E-state index contributed by atoms with van der Waals surface area (Å²) in [4.78, 5) is 21.0. The first kappa shape index (κ1) is 22.8. The number of nitrogens with zero attached hydrogens (tertiary/aromatic N) is 3. The van der Waals surface area contributed by atoms with Gasteiger partial charge in [-0.25, -0.2) is 17.8 Å². The number of hydrogen-bond acceptors (Lipinski definition) is 6. The Hall–Kier alpha value is -1.88. The summed E-state index contributed by atoms with van der Waals surface area (Å²) in [5, 5.41) is 0.536. The Morgan fingerprint density at radius 2 is 1.83 bits per heavy atom. The summed E-state index contributed by atoms with van der Waals surface area (Å²) in [6.07, 6.45) is -0.188. The first-order valence-corrected chi connectivity index (χ1v) is 12.4. The van der Waals surface area contributed by atoms with Crippen molar-refractivity contribution in [1.82, 2.24) is 9.88 Å². The lowest BCUT2D eigenvalue weighted by molar-refractivity contribution is -0.118. The van der Waals surface area contributed by atoms with E-state index in [1.54, 1.807) is 4.90 Å². The lowest BCUT2D eigenvalue weighted by Gasteiger charge is -2.22. The molecular weight excluding hydrogens is 493 g/mol. The van der Waals surface area contributed by atoms with Crippen molar-refractivity contribution in [3.05, 3.63) is 52.8 Å². The topological polar surface area (TPSA) is 70.6 Å². The molecule has 1 amide bonds. The summed E-state index contributed by atoms with van der Waals surface area (Å²) in [5.41, 5.74) is 0.778. The smallest absolute Gasteiger partial charge is 0.229 e. The van der Waals surface area contributed by atoms with E-state index >= 15 is 0 Å². The Bertz CT molecular complexity index is 1150. The van der Waals surface area contributed by atoms with Gasteiger partial charge in [0.2, 0.25) is 5.91 Å². The molecule has 10 heteroatoms. The Labute approximate surface area is 187 Å². The molecule has 160 valence electrons. The highest BCUT2D eigenvalue weighted by Crippen LogP contribution is 2.31. The van der Waals surface area contributed by atoms with Crippen LogP contribution in [0.4, 0.5) is 9.52 Å². The molecule has 0 aliphatic rings. The lowest BCUT2D eigenvalue weighted by Crippen LogP contribution is -2.37. The van der Waals surface area contributed by atoms with Gasteiger partial charge < -0.3 is 4.90 Å². The summed E-state index contributed by atoms with van der Waals surface area (Å²) < 4.78 is 40.0. The molecule has 2 aromatic carbocycles. The number of carbonyl (C=O) groups excluding carboxylic acids is 1. The summed E-state index contributed by atoms with van der Waals surface area (Å²) in [5.74, 6) is -1.19. The minimum atomic E-state index is -3.70. The number of rotatable bonds is 8. The van der Waals surface area contributed by atoms with Crippen LogP contribution in [-0.4, -0.2) is 57.1 Å². The molecule has 0 bridgehead atoms. The van der Waals surface area contributed by atoms with Crippen LogP contribution in [-0.2, 0) is 14.6 Å². The van der Waals surface area contributed by atoms with E-state index in [1.807, 2.05) is 37.2 Å². The third kappa shape index (κ3) is 5.63. The molecule has 0 saturated heterocycles. The number of benzene rings is 2. The van der Waals surface area contributed by atoms with Crippen LogP contribution in [0.5, 0.6) is 0 Å². The van der Waals surface area contributed by atoms with Gasteiger partial charge in [0.1, 0.15) is 5.82 Å². The Morgan fingerprint density at radius 1 is 1.13 bits per heavy atom. The zero-order valence-corrected chi connectivity index (χ0v) is 19.7. The molecule has 0 atom stereocenters. The minimum Gasteiger partial charge on any atom is -0.308 e. The second-order valence-electron chi connectivity index (χ2n) is 6.98. The number of carbonyl (C=O) groups is 1. The largest absolute Gasteiger partial charge is 0.308 e. The third-order valence-electron chi connectivity index (χ3n) is 4.40. The van der Waals surface area contributed by atoms with Crippen molar-refractivity contribution in [3.8, 4) is 0 Å². The number of fused-ring (bicyclic) bond motifs is 1. The molecule has 1 aromatic heterocycles. The van der Waals surface area contributed by atoms with Crippen molar-refractivity contribution in [2.45, 2.75) is 11.3 Å². The van der Waals surface area contributed by atoms with Crippen LogP contribution in [0.25, 0.3) is 10.2 Å². The molecule has 0 fully saturated rings. The number of halogens is 2. The van der Waals surface area contributed by atoms with E-state index in [2.05, 4.69) is 20.9 Å². The number of sulfone groups is 1. The number of thiazole rings is 1. The molecule has 0 N–H and O–H groups in total. The Kier molecular flexibility index (Phi) is 7.22. The molecule has 3 rings (SSSR count). The first-order valence-electron chi connectivity index (χ1n) is 9.15. The van der Waals surface area contributed by atoms with Crippen LogP contribution in [0.2, 0.25) is 0 Å². The van der Waals surface area contributed by atoms with Crippen LogP contribution in [0, 0.1) is 5.82 Å².